The molecule has 0 aromatic heterocycles. The summed E-state index contributed by atoms with van der Waals surface area (Å²) in [6.45, 7) is 1.36. The molecule has 4 bridgehead atoms. The van der Waals surface area contributed by atoms with Crippen molar-refractivity contribution in [3.63, 3.8) is 0 Å². The Balaban J connectivity index is 1.29. The smallest absolute Gasteiger partial charge is 0.332 e. The van der Waals surface area contributed by atoms with Gasteiger partial charge in [-0.3, -0.25) is 19.4 Å². The van der Waals surface area contributed by atoms with Gasteiger partial charge in [0.2, 0.25) is 5.91 Å². The summed E-state index contributed by atoms with van der Waals surface area (Å²) in [4.78, 5) is 40.7. The molecule has 154 valence electrons. The SMILES string of the molecule is C[C@@H]1C(=O)N(CC(=O)NC23CC4CC(CC(C4)C2)C3)C(=O)N1c1ccc(F)cc1. The van der Waals surface area contributed by atoms with Gasteiger partial charge in [0.05, 0.1) is 0 Å². The van der Waals surface area contributed by atoms with Crippen molar-refractivity contribution in [1.29, 1.82) is 0 Å². The second-order valence-corrected chi connectivity index (χ2v) is 9.48. The molecule has 1 aromatic carbocycles. The minimum Gasteiger partial charge on any atom is -0.349 e. The molecule has 6 rings (SSSR count). The summed E-state index contributed by atoms with van der Waals surface area (Å²) in [5.41, 5.74) is 0.293. The molecule has 4 saturated carbocycles. The van der Waals surface area contributed by atoms with Crippen LogP contribution in [-0.4, -0.2) is 40.9 Å². The predicted molar refractivity (Wildman–Crippen MR) is 104 cm³/mol. The maximum Gasteiger partial charge on any atom is 0.332 e. The summed E-state index contributed by atoms with van der Waals surface area (Å²) in [5, 5.41) is 3.22. The first-order valence-electron chi connectivity index (χ1n) is 10.5. The molecule has 29 heavy (non-hydrogen) atoms. The maximum absolute atomic E-state index is 13.2. The van der Waals surface area contributed by atoms with Crippen molar-refractivity contribution >= 4 is 23.5 Å². The van der Waals surface area contributed by atoms with E-state index in [2.05, 4.69) is 5.32 Å². The van der Waals surface area contributed by atoms with E-state index in [1.807, 2.05) is 0 Å². The lowest BCUT2D eigenvalue weighted by molar-refractivity contribution is -0.134. The number of carbonyl (C=O) groups excluding carboxylic acids is 3. The van der Waals surface area contributed by atoms with Crippen molar-refractivity contribution < 1.29 is 18.8 Å². The van der Waals surface area contributed by atoms with Crippen molar-refractivity contribution in [3.05, 3.63) is 30.1 Å². The van der Waals surface area contributed by atoms with E-state index in [9.17, 15) is 18.8 Å². The molecule has 5 aliphatic rings. The second-order valence-electron chi connectivity index (χ2n) is 9.48. The summed E-state index contributed by atoms with van der Waals surface area (Å²) >= 11 is 0. The normalized spacial score (nSPS) is 35.5. The zero-order valence-electron chi connectivity index (χ0n) is 16.6. The van der Waals surface area contributed by atoms with Crippen molar-refractivity contribution in [3.8, 4) is 0 Å². The van der Waals surface area contributed by atoms with Gasteiger partial charge in [0, 0.05) is 11.2 Å². The molecular formula is C22H26FN3O3. The number of urea groups is 1. The van der Waals surface area contributed by atoms with E-state index in [0.29, 0.717) is 23.4 Å². The number of rotatable bonds is 4. The first-order valence-corrected chi connectivity index (χ1v) is 10.5. The molecule has 1 saturated heterocycles. The first-order chi connectivity index (χ1) is 13.8. The second kappa shape index (κ2) is 6.54. The molecule has 0 radical (unpaired) electrons. The monoisotopic (exact) mass is 399 g/mol. The van der Waals surface area contributed by atoms with Crippen molar-refractivity contribution in [1.82, 2.24) is 10.2 Å². The molecule has 1 aliphatic heterocycles. The Morgan fingerprint density at radius 3 is 2.17 bits per heavy atom. The summed E-state index contributed by atoms with van der Waals surface area (Å²) < 4.78 is 13.2. The van der Waals surface area contributed by atoms with Gasteiger partial charge in [-0.25, -0.2) is 9.18 Å². The highest BCUT2D eigenvalue weighted by Crippen LogP contribution is 2.55. The number of amides is 4. The van der Waals surface area contributed by atoms with Crippen LogP contribution < -0.4 is 10.2 Å². The molecule has 7 heteroatoms. The van der Waals surface area contributed by atoms with E-state index in [-0.39, 0.29) is 18.0 Å². The van der Waals surface area contributed by atoms with E-state index < -0.39 is 23.8 Å². The standard InChI is InChI=1S/C22H26FN3O3/c1-13-20(28)25(21(29)26(13)18-4-2-17(23)3-5-18)12-19(27)24-22-9-14-6-15(10-22)8-16(7-14)11-22/h2-5,13-16H,6-12H2,1H3,(H,24,27)/t13-,14?,15?,16?,22?/m1/s1. The third-order valence-corrected chi connectivity index (χ3v) is 7.30. The summed E-state index contributed by atoms with van der Waals surface area (Å²) in [6.07, 6.45) is 6.90. The molecule has 1 heterocycles. The molecule has 4 aliphatic carbocycles. The highest BCUT2D eigenvalue weighted by Gasteiger charge is 2.52. The van der Waals surface area contributed by atoms with Gasteiger partial charge >= 0.3 is 6.03 Å². The van der Waals surface area contributed by atoms with Gasteiger partial charge in [0.15, 0.2) is 0 Å². The molecule has 4 amide bonds. The van der Waals surface area contributed by atoms with E-state index in [0.717, 1.165) is 24.2 Å². The zero-order chi connectivity index (χ0) is 20.3. The van der Waals surface area contributed by atoms with Gasteiger partial charge in [0.25, 0.3) is 5.91 Å². The van der Waals surface area contributed by atoms with Crippen LogP contribution in [0.1, 0.15) is 45.4 Å². The quantitative estimate of drug-likeness (QED) is 0.791. The molecule has 1 atom stereocenters. The van der Waals surface area contributed by atoms with Crippen LogP contribution in [0.15, 0.2) is 24.3 Å². The number of imide groups is 1. The minimum absolute atomic E-state index is 0.153. The Hall–Kier alpha value is -2.44. The lowest BCUT2D eigenvalue weighted by Crippen LogP contribution is -2.61. The van der Waals surface area contributed by atoms with Crippen molar-refractivity contribution in [2.24, 2.45) is 17.8 Å². The Morgan fingerprint density at radius 2 is 1.62 bits per heavy atom. The number of benzene rings is 1. The third-order valence-electron chi connectivity index (χ3n) is 7.30. The van der Waals surface area contributed by atoms with Gasteiger partial charge in [0.1, 0.15) is 18.4 Å². The Morgan fingerprint density at radius 1 is 1.07 bits per heavy atom. The zero-order valence-corrected chi connectivity index (χ0v) is 16.6. The average molecular weight is 399 g/mol. The predicted octanol–water partition coefficient (Wildman–Crippen LogP) is 3.07. The molecule has 5 fully saturated rings. The van der Waals surface area contributed by atoms with Crippen LogP contribution in [0.4, 0.5) is 14.9 Å². The fraction of sp³-hybridized carbons (Fsp3) is 0.591. The van der Waals surface area contributed by atoms with Gasteiger partial charge in [-0.15, -0.1) is 0 Å². The highest BCUT2D eigenvalue weighted by molar-refractivity contribution is 6.15. The highest BCUT2D eigenvalue weighted by atomic mass is 19.1. The molecule has 6 nitrogen and oxygen atoms in total. The summed E-state index contributed by atoms with van der Waals surface area (Å²) in [6, 6.07) is 4.19. The minimum atomic E-state index is -0.722. The third kappa shape index (κ3) is 3.11. The van der Waals surface area contributed by atoms with E-state index in [1.165, 1.54) is 48.4 Å². The molecule has 0 spiro atoms. The van der Waals surface area contributed by atoms with Crippen molar-refractivity contribution in [2.45, 2.75) is 57.0 Å². The van der Waals surface area contributed by atoms with Crippen LogP contribution >= 0.6 is 0 Å². The molecular weight excluding hydrogens is 373 g/mol. The van der Waals surface area contributed by atoms with Gasteiger partial charge in [-0.1, -0.05) is 0 Å². The largest absolute Gasteiger partial charge is 0.349 e. The number of nitrogens with one attached hydrogen (secondary N) is 1. The molecule has 1 aromatic rings. The van der Waals surface area contributed by atoms with E-state index in [4.69, 9.17) is 0 Å². The van der Waals surface area contributed by atoms with Crippen LogP contribution in [0.2, 0.25) is 0 Å². The van der Waals surface area contributed by atoms with Crippen LogP contribution in [0.25, 0.3) is 0 Å². The van der Waals surface area contributed by atoms with Crippen LogP contribution in [0.5, 0.6) is 0 Å². The van der Waals surface area contributed by atoms with Crippen LogP contribution in [-0.2, 0) is 9.59 Å². The van der Waals surface area contributed by atoms with Crippen molar-refractivity contribution in [2.75, 3.05) is 11.4 Å². The number of anilines is 1. The Labute approximate surface area is 169 Å². The number of hydrogen-bond acceptors (Lipinski definition) is 3. The molecule has 1 N–H and O–H groups in total. The summed E-state index contributed by atoms with van der Waals surface area (Å²) in [7, 11) is 0. The fourth-order valence-electron chi connectivity index (χ4n) is 6.55. The number of carbonyl (C=O) groups is 3. The maximum atomic E-state index is 13.2. The number of halogens is 1. The van der Waals surface area contributed by atoms with E-state index >= 15 is 0 Å². The van der Waals surface area contributed by atoms with E-state index in [1.54, 1.807) is 6.92 Å². The van der Waals surface area contributed by atoms with Gasteiger partial charge in [-0.2, -0.15) is 0 Å². The Bertz CT molecular complexity index is 833. The number of hydrogen-bond donors (Lipinski definition) is 1. The lowest BCUT2D eigenvalue weighted by Gasteiger charge is -2.56. The summed E-state index contributed by atoms with van der Waals surface area (Å²) in [5.74, 6) is 1.02. The van der Waals surface area contributed by atoms with Crippen LogP contribution in [0, 0.1) is 23.6 Å². The number of nitrogens with zero attached hydrogens (tertiary/aromatic N) is 2. The first kappa shape index (κ1) is 18.6. The lowest BCUT2D eigenvalue weighted by atomic mass is 9.53. The Kier molecular flexibility index (Phi) is 4.19. The molecule has 0 unspecified atom stereocenters. The van der Waals surface area contributed by atoms with Crippen LogP contribution in [0.3, 0.4) is 0 Å². The van der Waals surface area contributed by atoms with Gasteiger partial charge in [-0.05, 0) is 87.5 Å². The topological polar surface area (TPSA) is 69.7 Å². The van der Waals surface area contributed by atoms with Gasteiger partial charge < -0.3 is 5.32 Å². The average Bonchev–Trinajstić information content (AvgIpc) is 2.84. The fourth-order valence-corrected chi connectivity index (χ4v) is 6.55.